The molecule has 1 aliphatic carbocycles. The minimum absolute atomic E-state index is 0.316. The van der Waals surface area contributed by atoms with Crippen LogP contribution in [0.25, 0.3) is 0 Å². The Morgan fingerprint density at radius 2 is 1.96 bits per heavy atom. The molecule has 0 fully saturated rings. The number of ether oxygens (including phenoxy) is 1. The average molecular weight is 354 g/mol. The minimum atomic E-state index is -0.432. The van der Waals surface area contributed by atoms with Gasteiger partial charge >= 0.3 is 5.97 Å². The van der Waals surface area contributed by atoms with Crippen molar-refractivity contribution in [2.24, 2.45) is 0 Å². The Hall–Kier alpha value is -2.65. The van der Waals surface area contributed by atoms with Crippen LogP contribution in [0.4, 0.5) is 5.69 Å². The summed E-state index contributed by atoms with van der Waals surface area (Å²) in [4.78, 5) is 25.4. The monoisotopic (exact) mass is 354 g/mol. The average Bonchev–Trinajstić information content (AvgIpc) is 3.06. The lowest BCUT2D eigenvalue weighted by Gasteiger charge is -2.12. The van der Waals surface area contributed by atoms with Gasteiger partial charge < -0.3 is 10.1 Å². The first-order valence-electron chi connectivity index (χ1n) is 8.19. The number of fused-ring (bicyclic) bond motifs is 1. The Kier molecular flexibility index (Phi) is 5.46. The van der Waals surface area contributed by atoms with Crippen molar-refractivity contribution < 1.29 is 14.3 Å². The van der Waals surface area contributed by atoms with E-state index in [-0.39, 0.29) is 12.5 Å². The van der Waals surface area contributed by atoms with Crippen LogP contribution in [-0.4, -0.2) is 18.5 Å². The molecule has 0 bridgehead atoms. The van der Waals surface area contributed by atoms with Gasteiger partial charge in [0.1, 0.15) is 0 Å². The third-order valence-corrected chi connectivity index (χ3v) is 5.23. The van der Waals surface area contributed by atoms with E-state index in [1.54, 1.807) is 35.6 Å². The molecule has 1 N–H and O–H groups in total. The van der Waals surface area contributed by atoms with Gasteiger partial charge in [0, 0.05) is 15.9 Å². The molecule has 0 spiro atoms. The number of anilines is 1. The minimum Gasteiger partial charge on any atom is -0.452 e. The fourth-order valence-corrected chi connectivity index (χ4v) is 3.98. The van der Waals surface area contributed by atoms with Gasteiger partial charge in [0.15, 0.2) is 6.61 Å². The SMILES string of the molecule is N#CCc1ccc(NC(=O)COC(=O)c2csc3c2CCCC3)cc1. The van der Waals surface area contributed by atoms with Gasteiger partial charge in [0.2, 0.25) is 0 Å². The van der Waals surface area contributed by atoms with Crippen LogP contribution < -0.4 is 5.32 Å². The number of esters is 1. The van der Waals surface area contributed by atoms with Gasteiger partial charge in [-0.05, 0) is 48.9 Å². The zero-order valence-corrected chi connectivity index (χ0v) is 14.5. The summed E-state index contributed by atoms with van der Waals surface area (Å²) in [6.45, 7) is -0.316. The highest BCUT2D eigenvalue weighted by Crippen LogP contribution is 2.30. The van der Waals surface area contributed by atoms with Crippen LogP contribution in [0.5, 0.6) is 0 Å². The molecule has 1 aromatic heterocycles. The molecule has 1 amide bonds. The zero-order chi connectivity index (χ0) is 17.6. The summed E-state index contributed by atoms with van der Waals surface area (Å²) in [5, 5.41) is 13.2. The van der Waals surface area contributed by atoms with E-state index >= 15 is 0 Å². The lowest BCUT2D eigenvalue weighted by molar-refractivity contribution is -0.119. The van der Waals surface area contributed by atoms with Gasteiger partial charge in [-0.2, -0.15) is 5.26 Å². The van der Waals surface area contributed by atoms with Crippen molar-refractivity contribution in [1.82, 2.24) is 0 Å². The summed E-state index contributed by atoms with van der Waals surface area (Å²) >= 11 is 1.60. The first-order chi connectivity index (χ1) is 12.2. The largest absolute Gasteiger partial charge is 0.452 e. The highest BCUT2D eigenvalue weighted by Gasteiger charge is 2.21. The number of nitriles is 1. The van der Waals surface area contributed by atoms with E-state index in [9.17, 15) is 9.59 Å². The van der Waals surface area contributed by atoms with Gasteiger partial charge in [-0.25, -0.2) is 4.79 Å². The van der Waals surface area contributed by atoms with Crippen LogP contribution in [0.3, 0.4) is 0 Å². The fourth-order valence-electron chi connectivity index (χ4n) is 2.87. The van der Waals surface area contributed by atoms with E-state index in [4.69, 9.17) is 10.00 Å². The van der Waals surface area contributed by atoms with Crippen molar-refractivity contribution >= 4 is 28.9 Å². The molecule has 3 rings (SSSR count). The maximum Gasteiger partial charge on any atom is 0.339 e. The number of hydrogen-bond donors (Lipinski definition) is 1. The highest BCUT2D eigenvalue weighted by atomic mass is 32.1. The molecule has 0 radical (unpaired) electrons. The molecule has 25 heavy (non-hydrogen) atoms. The first kappa shape index (κ1) is 17.2. The van der Waals surface area contributed by atoms with E-state index in [1.807, 2.05) is 5.38 Å². The number of carbonyl (C=O) groups excluding carboxylic acids is 2. The first-order valence-corrected chi connectivity index (χ1v) is 9.07. The summed E-state index contributed by atoms with van der Waals surface area (Å²) in [5.41, 5.74) is 3.19. The van der Waals surface area contributed by atoms with Crippen molar-refractivity contribution in [2.75, 3.05) is 11.9 Å². The summed E-state index contributed by atoms with van der Waals surface area (Å²) in [7, 11) is 0. The predicted molar refractivity (Wildman–Crippen MR) is 95.6 cm³/mol. The number of nitrogens with zero attached hydrogens (tertiary/aromatic N) is 1. The Bertz CT molecular complexity index is 818. The number of nitrogens with one attached hydrogen (secondary N) is 1. The van der Waals surface area contributed by atoms with Crippen molar-refractivity contribution in [1.29, 1.82) is 5.26 Å². The molecule has 2 aromatic rings. The molecule has 1 aromatic carbocycles. The van der Waals surface area contributed by atoms with Gasteiger partial charge in [-0.15, -0.1) is 11.3 Å². The van der Waals surface area contributed by atoms with Gasteiger partial charge in [-0.1, -0.05) is 12.1 Å². The van der Waals surface area contributed by atoms with Crippen LogP contribution in [0, 0.1) is 11.3 Å². The molecule has 1 heterocycles. The molecule has 0 saturated heterocycles. The van der Waals surface area contributed by atoms with Crippen LogP contribution in [0.2, 0.25) is 0 Å². The number of thiophene rings is 1. The number of aryl methyl sites for hydroxylation is 1. The number of benzene rings is 1. The maximum atomic E-state index is 12.2. The second-order valence-electron chi connectivity index (χ2n) is 5.91. The van der Waals surface area contributed by atoms with E-state index in [0.717, 1.165) is 36.8 Å². The smallest absolute Gasteiger partial charge is 0.339 e. The normalized spacial score (nSPS) is 12.8. The molecule has 0 saturated carbocycles. The van der Waals surface area contributed by atoms with Crippen molar-refractivity contribution in [3.05, 3.63) is 51.2 Å². The molecule has 6 heteroatoms. The Morgan fingerprint density at radius 1 is 1.20 bits per heavy atom. The highest BCUT2D eigenvalue weighted by molar-refractivity contribution is 7.10. The summed E-state index contributed by atoms with van der Waals surface area (Å²) in [5.74, 6) is -0.815. The topological polar surface area (TPSA) is 79.2 Å². The molecule has 0 aliphatic heterocycles. The Labute approximate surface area is 150 Å². The molecular formula is C19H18N2O3S. The van der Waals surface area contributed by atoms with Crippen LogP contribution in [0.1, 0.15) is 39.2 Å². The van der Waals surface area contributed by atoms with Crippen LogP contribution in [-0.2, 0) is 28.8 Å². The van der Waals surface area contributed by atoms with E-state index in [2.05, 4.69) is 11.4 Å². The summed E-state index contributed by atoms with van der Waals surface area (Å²) in [6, 6.07) is 9.08. The van der Waals surface area contributed by atoms with Gasteiger partial charge in [-0.3, -0.25) is 4.79 Å². The van der Waals surface area contributed by atoms with E-state index < -0.39 is 5.97 Å². The number of hydrogen-bond acceptors (Lipinski definition) is 5. The zero-order valence-electron chi connectivity index (χ0n) is 13.7. The lowest BCUT2D eigenvalue weighted by Crippen LogP contribution is -2.21. The van der Waals surface area contributed by atoms with Gasteiger partial charge in [0.25, 0.3) is 5.91 Å². The third kappa shape index (κ3) is 4.25. The van der Waals surface area contributed by atoms with Crippen LogP contribution >= 0.6 is 11.3 Å². The quantitative estimate of drug-likeness (QED) is 0.834. The van der Waals surface area contributed by atoms with Crippen molar-refractivity contribution in [3.63, 3.8) is 0 Å². The molecule has 0 unspecified atom stereocenters. The summed E-state index contributed by atoms with van der Waals surface area (Å²) < 4.78 is 5.16. The molecule has 128 valence electrons. The van der Waals surface area contributed by atoms with Gasteiger partial charge in [0.05, 0.1) is 18.1 Å². The number of amides is 1. The summed E-state index contributed by atoms with van der Waals surface area (Å²) in [6.07, 6.45) is 4.51. The van der Waals surface area contributed by atoms with Crippen LogP contribution in [0.15, 0.2) is 29.6 Å². The standard InChI is InChI=1S/C19H18N2O3S/c20-10-9-13-5-7-14(8-6-13)21-18(22)11-24-19(23)16-12-25-17-4-2-1-3-15(16)17/h5-8,12H,1-4,9,11H2,(H,21,22). The molecule has 1 aliphatic rings. The van der Waals surface area contributed by atoms with E-state index in [1.165, 1.54) is 4.88 Å². The molecular weight excluding hydrogens is 336 g/mol. The molecule has 0 atom stereocenters. The Morgan fingerprint density at radius 3 is 2.72 bits per heavy atom. The number of carbonyl (C=O) groups is 2. The second kappa shape index (κ2) is 7.95. The lowest BCUT2D eigenvalue weighted by atomic mass is 9.96. The molecule has 5 nitrogen and oxygen atoms in total. The maximum absolute atomic E-state index is 12.2. The van der Waals surface area contributed by atoms with E-state index in [0.29, 0.717) is 17.7 Å². The Balaban J connectivity index is 1.53. The van der Waals surface area contributed by atoms with Crippen molar-refractivity contribution in [3.8, 4) is 6.07 Å². The third-order valence-electron chi connectivity index (χ3n) is 4.14. The van der Waals surface area contributed by atoms with Crippen molar-refractivity contribution in [2.45, 2.75) is 32.1 Å². The number of rotatable bonds is 5. The predicted octanol–water partition coefficient (Wildman–Crippen LogP) is 3.49. The fraction of sp³-hybridized carbons (Fsp3) is 0.316. The second-order valence-corrected chi connectivity index (χ2v) is 6.88.